The number of esters is 1. The summed E-state index contributed by atoms with van der Waals surface area (Å²) in [6.45, 7) is 0.780. The van der Waals surface area contributed by atoms with Crippen molar-refractivity contribution in [3.8, 4) is 0 Å². The van der Waals surface area contributed by atoms with Gasteiger partial charge in [-0.2, -0.15) is 13.2 Å². The van der Waals surface area contributed by atoms with Gasteiger partial charge in [0.25, 0.3) is 5.91 Å². The number of carbonyl (C=O) groups is 2. The van der Waals surface area contributed by atoms with Crippen molar-refractivity contribution >= 4 is 40.8 Å². The fraction of sp³-hybridized carbons (Fsp3) is 0.222. The van der Waals surface area contributed by atoms with Gasteiger partial charge in [0, 0.05) is 16.8 Å². The maximum absolute atomic E-state index is 14.1. The average molecular weight is 471 g/mol. The van der Waals surface area contributed by atoms with E-state index in [4.69, 9.17) is 23.2 Å². The van der Waals surface area contributed by atoms with Crippen LogP contribution < -0.4 is 10.6 Å². The van der Waals surface area contributed by atoms with Gasteiger partial charge < -0.3 is 15.4 Å². The number of hydrogen-bond donors (Lipinski definition) is 2. The summed E-state index contributed by atoms with van der Waals surface area (Å²) in [4.78, 5) is 24.9. The number of alkyl halides is 3. The lowest BCUT2D eigenvalue weighted by molar-refractivity contribution is -0.204. The lowest BCUT2D eigenvalue weighted by Crippen LogP contribution is -2.69. The van der Waals surface area contributed by atoms with E-state index in [0.29, 0.717) is 12.1 Å². The lowest BCUT2D eigenvalue weighted by Gasteiger charge is -2.35. The van der Waals surface area contributed by atoms with Crippen LogP contribution in [0.1, 0.15) is 17.3 Å². The molecule has 0 radical (unpaired) electrons. The van der Waals surface area contributed by atoms with Gasteiger partial charge in [-0.15, -0.1) is 0 Å². The smallest absolute Gasteiger partial charge is 0.441 e. The monoisotopic (exact) mass is 470 g/mol. The summed E-state index contributed by atoms with van der Waals surface area (Å²) in [6, 6.07) is 5.03. The normalized spacial score (nSPS) is 13.3. The Morgan fingerprint density at radius 2 is 1.70 bits per heavy atom. The van der Waals surface area contributed by atoms with Crippen LogP contribution >= 0.6 is 23.2 Å². The van der Waals surface area contributed by atoms with Crippen molar-refractivity contribution in [2.75, 3.05) is 11.9 Å². The van der Waals surface area contributed by atoms with Crippen LogP contribution in [0.25, 0.3) is 0 Å². The second kappa shape index (κ2) is 9.05. The maximum atomic E-state index is 14.1. The minimum absolute atomic E-state index is 0.115. The molecule has 0 aliphatic heterocycles. The standard InChI is InChI=1S/C18H13Cl2F5N2O3/c1-2-30-16(29)17(18(23,24)25,26-10-4-6-13(21)14(22)8-10)27-15(28)11-5-3-9(19)7-12(11)20/h3-8,26H,2H2,1H3,(H,27,28)/t17-/m0/s1. The molecule has 0 aromatic heterocycles. The highest BCUT2D eigenvalue weighted by Gasteiger charge is 2.63. The molecule has 0 saturated carbocycles. The first-order valence-electron chi connectivity index (χ1n) is 8.16. The topological polar surface area (TPSA) is 67.4 Å². The zero-order valence-electron chi connectivity index (χ0n) is 15.0. The number of ether oxygens (including phenoxy) is 1. The van der Waals surface area contributed by atoms with Crippen LogP contribution in [0.15, 0.2) is 36.4 Å². The largest absolute Gasteiger partial charge is 0.463 e. The van der Waals surface area contributed by atoms with Crippen LogP contribution in [0.4, 0.5) is 27.6 Å². The van der Waals surface area contributed by atoms with E-state index in [1.807, 2.05) is 0 Å². The zero-order chi connectivity index (χ0) is 22.7. The van der Waals surface area contributed by atoms with Crippen molar-refractivity contribution in [2.24, 2.45) is 0 Å². The van der Waals surface area contributed by atoms with Crippen LogP contribution in [0.2, 0.25) is 10.0 Å². The van der Waals surface area contributed by atoms with E-state index in [-0.39, 0.29) is 10.0 Å². The second-order valence-corrected chi connectivity index (χ2v) is 6.64. The molecule has 0 aliphatic carbocycles. The van der Waals surface area contributed by atoms with E-state index in [0.717, 1.165) is 18.2 Å². The first-order valence-corrected chi connectivity index (χ1v) is 8.91. The highest BCUT2D eigenvalue weighted by molar-refractivity contribution is 6.36. The van der Waals surface area contributed by atoms with E-state index in [1.165, 1.54) is 18.3 Å². The molecular formula is C18H13Cl2F5N2O3. The van der Waals surface area contributed by atoms with E-state index >= 15 is 0 Å². The molecule has 1 amide bonds. The minimum atomic E-state index is -5.47. The minimum Gasteiger partial charge on any atom is -0.463 e. The predicted octanol–water partition coefficient (Wildman–Crippen LogP) is 4.94. The first-order chi connectivity index (χ1) is 13.9. The fourth-order valence-electron chi connectivity index (χ4n) is 2.33. The van der Waals surface area contributed by atoms with Crippen LogP contribution in [0, 0.1) is 11.6 Å². The van der Waals surface area contributed by atoms with Crippen LogP contribution in [0.3, 0.4) is 0 Å². The summed E-state index contributed by atoms with van der Waals surface area (Å²) in [5.41, 5.74) is -4.92. The molecule has 0 bridgehead atoms. The van der Waals surface area contributed by atoms with Crippen molar-refractivity contribution in [1.82, 2.24) is 5.32 Å². The van der Waals surface area contributed by atoms with E-state index in [9.17, 15) is 31.5 Å². The molecule has 0 spiro atoms. The van der Waals surface area contributed by atoms with Crippen molar-refractivity contribution in [3.63, 3.8) is 0 Å². The van der Waals surface area contributed by atoms with Crippen LogP contribution in [-0.2, 0) is 9.53 Å². The number of carbonyl (C=O) groups excluding carboxylic acids is 2. The number of nitrogens with one attached hydrogen (secondary N) is 2. The third-order valence-corrected chi connectivity index (χ3v) is 4.28. The van der Waals surface area contributed by atoms with Gasteiger partial charge >= 0.3 is 17.8 Å². The number of anilines is 1. The molecule has 30 heavy (non-hydrogen) atoms. The quantitative estimate of drug-likeness (QED) is 0.356. The van der Waals surface area contributed by atoms with Gasteiger partial charge in [-0.25, -0.2) is 13.6 Å². The van der Waals surface area contributed by atoms with Crippen LogP contribution in [-0.4, -0.2) is 30.3 Å². The Hall–Kier alpha value is -2.59. The molecule has 1 atom stereocenters. The molecule has 0 saturated heterocycles. The van der Waals surface area contributed by atoms with Crippen LogP contribution in [0.5, 0.6) is 0 Å². The highest BCUT2D eigenvalue weighted by atomic mass is 35.5. The van der Waals surface area contributed by atoms with Gasteiger partial charge in [-0.3, -0.25) is 4.79 Å². The van der Waals surface area contributed by atoms with Crippen molar-refractivity contribution in [3.05, 3.63) is 63.6 Å². The Labute approximate surface area is 177 Å². The summed E-state index contributed by atoms with van der Waals surface area (Å²) in [5.74, 6) is -6.14. The lowest BCUT2D eigenvalue weighted by atomic mass is 10.1. The molecule has 2 N–H and O–H groups in total. The van der Waals surface area contributed by atoms with Gasteiger partial charge in [0.15, 0.2) is 11.6 Å². The molecular weight excluding hydrogens is 458 g/mol. The summed E-state index contributed by atoms with van der Waals surface area (Å²) in [6.07, 6.45) is -5.47. The number of amides is 1. The third-order valence-electron chi connectivity index (χ3n) is 3.74. The molecule has 162 valence electrons. The van der Waals surface area contributed by atoms with Gasteiger partial charge in [-0.05, 0) is 37.3 Å². The summed E-state index contributed by atoms with van der Waals surface area (Å²) in [7, 11) is 0. The van der Waals surface area contributed by atoms with Crippen molar-refractivity contribution in [2.45, 2.75) is 18.8 Å². The molecule has 0 heterocycles. The molecule has 0 unspecified atom stereocenters. The summed E-state index contributed by atoms with van der Waals surface area (Å²) >= 11 is 11.6. The first kappa shape index (κ1) is 23.7. The van der Waals surface area contributed by atoms with Gasteiger partial charge in [-0.1, -0.05) is 23.2 Å². The molecule has 2 rings (SSSR count). The summed E-state index contributed by atoms with van der Waals surface area (Å²) < 4.78 is 73.3. The molecule has 12 heteroatoms. The fourth-order valence-corrected chi connectivity index (χ4v) is 2.83. The van der Waals surface area contributed by atoms with Gasteiger partial charge in [0.2, 0.25) is 0 Å². The highest BCUT2D eigenvalue weighted by Crippen LogP contribution is 2.34. The maximum Gasteiger partial charge on any atom is 0.441 e. The van der Waals surface area contributed by atoms with E-state index in [1.54, 1.807) is 5.32 Å². The number of halogens is 7. The van der Waals surface area contributed by atoms with Crippen molar-refractivity contribution in [1.29, 1.82) is 0 Å². The number of benzene rings is 2. The second-order valence-electron chi connectivity index (χ2n) is 5.80. The molecule has 0 fully saturated rings. The Bertz CT molecular complexity index is 971. The Balaban J connectivity index is 2.56. The number of hydrogen-bond acceptors (Lipinski definition) is 4. The zero-order valence-corrected chi connectivity index (χ0v) is 16.6. The van der Waals surface area contributed by atoms with Crippen molar-refractivity contribution < 1.29 is 36.3 Å². The average Bonchev–Trinajstić information content (AvgIpc) is 2.63. The molecule has 0 aliphatic rings. The SMILES string of the molecule is CCOC(=O)[C@@](NC(=O)c1ccc(Cl)cc1Cl)(Nc1ccc(F)c(F)c1)C(F)(F)F. The molecule has 5 nitrogen and oxygen atoms in total. The van der Waals surface area contributed by atoms with Gasteiger partial charge in [0.1, 0.15) is 0 Å². The Morgan fingerprint density at radius 1 is 1.03 bits per heavy atom. The molecule has 2 aromatic carbocycles. The summed E-state index contributed by atoms with van der Waals surface area (Å²) in [5, 5.41) is 3.06. The number of rotatable bonds is 6. The third kappa shape index (κ3) is 4.93. The van der Waals surface area contributed by atoms with E-state index < -0.39 is 53.2 Å². The van der Waals surface area contributed by atoms with Gasteiger partial charge in [0.05, 0.1) is 17.2 Å². The Kier molecular flexibility index (Phi) is 7.14. The predicted molar refractivity (Wildman–Crippen MR) is 99.3 cm³/mol. The Morgan fingerprint density at radius 3 is 2.23 bits per heavy atom. The van der Waals surface area contributed by atoms with E-state index in [2.05, 4.69) is 4.74 Å². The molecule has 2 aromatic rings.